The molecule has 0 aliphatic rings. The fourth-order valence-electron chi connectivity index (χ4n) is 1.25. The zero-order valence-electron chi connectivity index (χ0n) is 7.57. The van der Waals surface area contributed by atoms with E-state index in [4.69, 9.17) is 0 Å². The molecule has 11 heavy (non-hydrogen) atoms. The number of rotatable bonds is 3. The Balaban J connectivity index is 2.62. The molecule has 2 heteroatoms. The van der Waals surface area contributed by atoms with Gasteiger partial charge in [-0.2, -0.15) is 0 Å². The van der Waals surface area contributed by atoms with Gasteiger partial charge in [0.05, 0.1) is 5.69 Å². The molecule has 2 nitrogen and oxygen atoms in total. The van der Waals surface area contributed by atoms with E-state index in [9.17, 15) is 0 Å². The van der Waals surface area contributed by atoms with Crippen molar-refractivity contribution in [3.05, 3.63) is 17.2 Å². The van der Waals surface area contributed by atoms with E-state index >= 15 is 0 Å². The maximum absolute atomic E-state index is 4.39. The van der Waals surface area contributed by atoms with E-state index in [1.807, 2.05) is 6.92 Å². The Kier molecular flexibility index (Phi) is 2.69. The first-order chi connectivity index (χ1) is 5.24. The van der Waals surface area contributed by atoms with Gasteiger partial charge in [-0.25, -0.2) is 4.98 Å². The standard InChI is InChI=1S/C9H16N2/c1-4-5-6-9-7(2)10-8(3)11-9/h4-6H2,1-3H3,(H,10,11). The SMILES string of the molecule is CCCCc1nc(C)[nH]c1C. The first-order valence-corrected chi connectivity index (χ1v) is 4.26. The summed E-state index contributed by atoms with van der Waals surface area (Å²) in [6, 6.07) is 0. The maximum Gasteiger partial charge on any atom is 0.103 e. The molecule has 0 aliphatic carbocycles. The molecule has 0 fully saturated rings. The maximum atomic E-state index is 4.39. The topological polar surface area (TPSA) is 28.7 Å². The number of aromatic amines is 1. The number of aromatic nitrogens is 2. The summed E-state index contributed by atoms with van der Waals surface area (Å²) in [6.07, 6.45) is 3.60. The van der Waals surface area contributed by atoms with E-state index in [0.717, 1.165) is 12.2 Å². The highest BCUT2D eigenvalue weighted by Crippen LogP contribution is 2.07. The monoisotopic (exact) mass is 152 g/mol. The summed E-state index contributed by atoms with van der Waals surface area (Å²) >= 11 is 0. The minimum Gasteiger partial charge on any atom is -0.346 e. The van der Waals surface area contributed by atoms with Crippen LogP contribution in [0.3, 0.4) is 0 Å². The third-order valence-corrected chi connectivity index (χ3v) is 1.87. The minimum atomic E-state index is 1.04. The third kappa shape index (κ3) is 2.07. The van der Waals surface area contributed by atoms with Crippen molar-refractivity contribution in [2.24, 2.45) is 0 Å². The van der Waals surface area contributed by atoms with Gasteiger partial charge in [0.25, 0.3) is 0 Å². The quantitative estimate of drug-likeness (QED) is 0.707. The molecule has 1 aromatic rings. The van der Waals surface area contributed by atoms with Gasteiger partial charge in [0.1, 0.15) is 5.82 Å². The van der Waals surface area contributed by atoms with Crippen LogP contribution in [0.4, 0.5) is 0 Å². The van der Waals surface area contributed by atoms with Crippen molar-refractivity contribution in [2.45, 2.75) is 40.0 Å². The zero-order chi connectivity index (χ0) is 8.27. The first kappa shape index (κ1) is 8.31. The lowest BCUT2D eigenvalue weighted by molar-refractivity contribution is 0.775. The number of nitrogens with one attached hydrogen (secondary N) is 1. The van der Waals surface area contributed by atoms with Gasteiger partial charge in [0.2, 0.25) is 0 Å². The second-order valence-electron chi connectivity index (χ2n) is 3.00. The van der Waals surface area contributed by atoms with E-state index in [1.165, 1.54) is 24.2 Å². The van der Waals surface area contributed by atoms with E-state index < -0.39 is 0 Å². The lowest BCUT2D eigenvalue weighted by Crippen LogP contribution is -1.87. The zero-order valence-corrected chi connectivity index (χ0v) is 7.57. The van der Waals surface area contributed by atoms with Crippen molar-refractivity contribution in [1.82, 2.24) is 9.97 Å². The minimum absolute atomic E-state index is 1.04. The van der Waals surface area contributed by atoms with Crippen molar-refractivity contribution in [2.75, 3.05) is 0 Å². The van der Waals surface area contributed by atoms with E-state index in [2.05, 4.69) is 23.8 Å². The number of aryl methyl sites for hydroxylation is 3. The average molecular weight is 152 g/mol. The molecule has 0 bridgehead atoms. The summed E-state index contributed by atoms with van der Waals surface area (Å²) in [5, 5.41) is 0. The second-order valence-corrected chi connectivity index (χ2v) is 3.00. The predicted octanol–water partition coefficient (Wildman–Crippen LogP) is 2.37. The van der Waals surface area contributed by atoms with Crippen molar-refractivity contribution in [3.63, 3.8) is 0 Å². The molecule has 0 spiro atoms. The molecule has 62 valence electrons. The van der Waals surface area contributed by atoms with Gasteiger partial charge in [-0.3, -0.25) is 0 Å². The van der Waals surface area contributed by atoms with E-state index in [0.29, 0.717) is 0 Å². The number of nitrogens with zero attached hydrogens (tertiary/aromatic N) is 1. The molecule has 0 atom stereocenters. The van der Waals surface area contributed by atoms with Gasteiger partial charge in [0, 0.05) is 5.69 Å². The Bertz CT molecular complexity index is 225. The van der Waals surface area contributed by atoms with Gasteiger partial charge in [-0.05, 0) is 26.7 Å². The van der Waals surface area contributed by atoms with E-state index in [-0.39, 0.29) is 0 Å². The molecule has 0 aromatic carbocycles. The van der Waals surface area contributed by atoms with Crippen LogP contribution in [0, 0.1) is 13.8 Å². The van der Waals surface area contributed by atoms with Crippen LogP contribution >= 0.6 is 0 Å². The second kappa shape index (κ2) is 3.56. The fraction of sp³-hybridized carbons (Fsp3) is 0.667. The Morgan fingerprint density at radius 2 is 2.09 bits per heavy atom. The number of imidazole rings is 1. The predicted molar refractivity (Wildman–Crippen MR) is 46.7 cm³/mol. The van der Waals surface area contributed by atoms with Gasteiger partial charge in [0.15, 0.2) is 0 Å². The molecule has 0 saturated carbocycles. The fourth-order valence-corrected chi connectivity index (χ4v) is 1.25. The molecule has 0 saturated heterocycles. The molecule has 0 unspecified atom stereocenters. The summed E-state index contributed by atoms with van der Waals surface area (Å²) in [4.78, 5) is 7.60. The summed E-state index contributed by atoms with van der Waals surface area (Å²) in [5.41, 5.74) is 2.47. The molecular formula is C9H16N2. The van der Waals surface area contributed by atoms with Gasteiger partial charge < -0.3 is 4.98 Å². The summed E-state index contributed by atoms with van der Waals surface area (Å²) < 4.78 is 0. The molecule has 1 N–H and O–H groups in total. The summed E-state index contributed by atoms with van der Waals surface area (Å²) in [7, 11) is 0. The largest absolute Gasteiger partial charge is 0.346 e. The Hall–Kier alpha value is -0.790. The summed E-state index contributed by atoms with van der Waals surface area (Å²) in [5.74, 6) is 1.04. The molecule has 0 radical (unpaired) electrons. The average Bonchev–Trinajstić information content (AvgIpc) is 2.26. The van der Waals surface area contributed by atoms with Crippen LogP contribution in [0.2, 0.25) is 0 Å². The van der Waals surface area contributed by atoms with Crippen LogP contribution in [0.15, 0.2) is 0 Å². The number of H-pyrrole nitrogens is 1. The van der Waals surface area contributed by atoms with Gasteiger partial charge in [-0.15, -0.1) is 0 Å². The van der Waals surface area contributed by atoms with Crippen LogP contribution in [-0.4, -0.2) is 9.97 Å². The van der Waals surface area contributed by atoms with Crippen LogP contribution in [0.25, 0.3) is 0 Å². The lowest BCUT2D eigenvalue weighted by atomic mass is 10.2. The third-order valence-electron chi connectivity index (χ3n) is 1.87. The first-order valence-electron chi connectivity index (χ1n) is 4.26. The molecule has 0 amide bonds. The van der Waals surface area contributed by atoms with Crippen LogP contribution in [-0.2, 0) is 6.42 Å². The van der Waals surface area contributed by atoms with Gasteiger partial charge >= 0.3 is 0 Å². The Labute approximate surface area is 68.0 Å². The van der Waals surface area contributed by atoms with Crippen molar-refractivity contribution in [3.8, 4) is 0 Å². The van der Waals surface area contributed by atoms with Crippen molar-refractivity contribution >= 4 is 0 Å². The van der Waals surface area contributed by atoms with E-state index in [1.54, 1.807) is 0 Å². The van der Waals surface area contributed by atoms with Crippen molar-refractivity contribution in [1.29, 1.82) is 0 Å². The Morgan fingerprint density at radius 1 is 1.36 bits per heavy atom. The highest BCUT2D eigenvalue weighted by atomic mass is 14.9. The van der Waals surface area contributed by atoms with Crippen molar-refractivity contribution < 1.29 is 0 Å². The summed E-state index contributed by atoms with van der Waals surface area (Å²) in [6.45, 7) is 6.29. The van der Waals surface area contributed by atoms with Crippen LogP contribution in [0.1, 0.15) is 37.0 Å². The molecule has 0 aliphatic heterocycles. The number of hydrogen-bond acceptors (Lipinski definition) is 1. The molecular weight excluding hydrogens is 136 g/mol. The smallest absolute Gasteiger partial charge is 0.103 e. The van der Waals surface area contributed by atoms with Crippen LogP contribution in [0.5, 0.6) is 0 Å². The lowest BCUT2D eigenvalue weighted by Gasteiger charge is -1.93. The van der Waals surface area contributed by atoms with Crippen LogP contribution < -0.4 is 0 Å². The molecule has 1 aromatic heterocycles. The molecule has 1 heterocycles. The highest BCUT2D eigenvalue weighted by Gasteiger charge is 2.01. The number of hydrogen-bond donors (Lipinski definition) is 1. The Morgan fingerprint density at radius 3 is 2.55 bits per heavy atom. The molecule has 1 rings (SSSR count). The normalized spacial score (nSPS) is 10.5. The number of unbranched alkanes of at least 4 members (excludes halogenated alkanes) is 1. The highest BCUT2D eigenvalue weighted by molar-refractivity contribution is 5.12. The van der Waals surface area contributed by atoms with Gasteiger partial charge in [-0.1, -0.05) is 13.3 Å².